The molecular weight excluding hydrogens is 220 g/mol. The van der Waals surface area contributed by atoms with Crippen LogP contribution in [-0.4, -0.2) is 17.4 Å². The molecule has 0 N–H and O–H groups in total. The Hall–Kier alpha value is -0.0500. The van der Waals surface area contributed by atoms with Crippen LogP contribution in [-0.2, 0) is 9.53 Å². The molecule has 0 amide bonds. The highest BCUT2D eigenvalue weighted by Crippen LogP contribution is 2.33. The van der Waals surface area contributed by atoms with E-state index in [0.717, 1.165) is 6.42 Å². The molecule has 0 aromatic heterocycles. The second-order valence-electron chi connectivity index (χ2n) is 3.22. The highest BCUT2D eigenvalue weighted by Gasteiger charge is 2.27. The van der Waals surface area contributed by atoms with Crippen LogP contribution in [0.1, 0.15) is 32.6 Å². The van der Waals surface area contributed by atoms with Crippen LogP contribution in [0.15, 0.2) is 0 Å². The fraction of sp³-hybridized carbons (Fsp3) is 0.889. The van der Waals surface area contributed by atoms with E-state index in [9.17, 15) is 4.79 Å². The molecule has 1 aliphatic rings. The number of hydrogen-bond acceptors (Lipinski definition) is 2. The molecule has 1 aliphatic carbocycles. The number of alkyl halides is 1. The fourth-order valence-electron chi connectivity index (χ4n) is 1.66. The van der Waals surface area contributed by atoms with Gasteiger partial charge in [-0.3, -0.25) is 4.79 Å². The van der Waals surface area contributed by atoms with Crippen molar-refractivity contribution in [2.24, 2.45) is 5.92 Å². The third kappa shape index (κ3) is 2.77. The van der Waals surface area contributed by atoms with Gasteiger partial charge in [0.25, 0.3) is 0 Å². The van der Waals surface area contributed by atoms with E-state index >= 15 is 0 Å². The molecular formula is C9H15BrO2. The Balaban J connectivity index is 2.25. The molecule has 1 fully saturated rings. The molecule has 70 valence electrons. The number of carbonyl (C=O) groups is 1. The zero-order valence-corrected chi connectivity index (χ0v) is 8.97. The van der Waals surface area contributed by atoms with Gasteiger partial charge >= 0.3 is 5.97 Å². The zero-order valence-electron chi connectivity index (χ0n) is 7.38. The first-order valence-corrected chi connectivity index (χ1v) is 5.45. The van der Waals surface area contributed by atoms with E-state index < -0.39 is 0 Å². The maximum absolute atomic E-state index is 11.1. The normalized spacial score (nSPS) is 28.8. The molecule has 1 rings (SSSR count). The van der Waals surface area contributed by atoms with Crippen molar-refractivity contribution < 1.29 is 9.53 Å². The molecule has 0 aromatic carbocycles. The lowest BCUT2D eigenvalue weighted by molar-refractivity contribution is -0.144. The molecule has 0 aliphatic heterocycles. The summed E-state index contributed by atoms with van der Waals surface area (Å²) in [5, 5.41) is 0. The largest absolute Gasteiger partial charge is 0.466 e. The van der Waals surface area contributed by atoms with Crippen molar-refractivity contribution in [3.63, 3.8) is 0 Å². The Kier molecular flexibility index (Phi) is 4.06. The van der Waals surface area contributed by atoms with E-state index in [4.69, 9.17) is 4.74 Å². The molecule has 1 saturated carbocycles. The monoisotopic (exact) mass is 234 g/mol. The summed E-state index contributed by atoms with van der Waals surface area (Å²) in [6.45, 7) is 2.34. The molecule has 0 radical (unpaired) electrons. The minimum absolute atomic E-state index is 0.0474. The van der Waals surface area contributed by atoms with Gasteiger partial charge in [-0.15, -0.1) is 0 Å². The Labute approximate surface area is 81.8 Å². The SMILES string of the molecule is CCOC(=O)CC1CCCC1Br. The highest BCUT2D eigenvalue weighted by molar-refractivity contribution is 9.09. The van der Waals surface area contributed by atoms with Crippen LogP contribution in [0.4, 0.5) is 0 Å². The van der Waals surface area contributed by atoms with Crippen LogP contribution in [0.2, 0.25) is 0 Å². The third-order valence-corrected chi connectivity index (χ3v) is 3.51. The average Bonchev–Trinajstić information content (AvgIpc) is 2.37. The van der Waals surface area contributed by atoms with E-state index in [1.807, 2.05) is 6.92 Å². The van der Waals surface area contributed by atoms with E-state index in [1.165, 1.54) is 12.8 Å². The summed E-state index contributed by atoms with van der Waals surface area (Å²) in [4.78, 5) is 11.6. The fourth-order valence-corrected chi connectivity index (χ4v) is 2.43. The van der Waals surface area contributed by atoms with Crippen LogP contribution in [0.3, 0.4) is 0 Å². The average molecular weight is 235 g/mol. The van der Waals surface area contributed by atoms with Crippen molar-refractivity contribution >= 4 is 21.9 Å². The molecule has 0 saturated heterocycles. The van der Waals surface area contributed by atoms with Crippen molar-refractivity contribution in [1.82, 2.24) is 0 Å². The lowest BCUT2D eigenvalue weighted by Gasteiger charge is -2.11. The molecule has 12 heavy (non-hydrogen) atoms. The van der Waals surface area contributed by atoms with Gasteiger partial charge < -0.3 is 4.74 Å². The van der Waals surface area contributed by atoms with Crippen molar-refractivity contribution in [3.8, 4) is 0 Å². The first-order chi connectivity index (χ1) is 5.74. The van der Waals surface area contributed by atoms with Crippen LogP contribution in [0.25, 0.3) is 0 Å². The van der Waals surface area contributed by atoms with E-state index in [1.54, 1.807) is 0 Å². The number of ether oxygens (including phenoxy) is 1. The van der Waals surface area contributed by atoms with E-state index in [0.29, 0.717) is 23.8 Å². The van der Waals surface area contributed by atoms with Gasteiger partial charge in [-0.05, 0) is 25.7 Å². The zero-order chi connectivity index (χ0) is 8.97. The minimum Gasteiger partial charge on any atom is -0.466 e. The van der Waals surface area contributed by atoms with Crippen LogP contribution in [0.5, 0.6) is 0 Å². The van der Waals surface area contributed by atoms with Crippen molar-refractivity contribution in [3.05, 3.63) is 0 Å². The van der Waals surface area contributed by atoms with Crippen LogP contribution in [0, 0.1) is 5.92 Å². The van der Waals surface area contributed by atoms with Gasteiger partial charge in [0.05, 0.1) is 6.61 Å². The predicted molar refractivity (Wildman–Crippen MR) is 51.3 cm³/mol. The number of hydrogen-bond donors (Lipinski definition) is 0. The predicted octanol–water partition coefficient (Wildman–Crippen LogP) is 2.50. The lowest BCUT2D eigenvalue weighted by atomic mass is 10.0. The second-order valence-corrected chi connectivity index (χ2v) is 4.39. The summed E-state index contributed by atoms with van der Waals surface area (Å²) in [5.41, 5.74) is 0. The Morgan fingerprint density at radius 1 is 1.58 bits per heavy atom. The molecule has 0 spiro atoms. The summed E-state index contributed by atoms with van der Waals surface area (Å²) in [5.74, 6) is 0.456. The topological polar surface area (TPSA) is 26.3 Å². The molecule has 2 nitrogen and oxygen atoms in total. The lowest BCUT2D eigenvalue weighted by Crippen LogP contribution is -2.14. The van der Waals surface area contributed by atoms with E-state index in [-0.39, 0.29) is 5.97 Å². The second kappa shape index (κ2) is 4.85. The quantitative estimate of drug-likeness (QED) is 0.555. The summed E-state index contributed by atoms with van der Waals surface area (Å²) in [6.07, 6.45) is 4.18. The van der Waals surface area contributed by atoms with E-state index in [2.05, 4.69) is 15.9 Å². The van der Waals surface area contributed by atoms with Gasteiger partial charge in [0, 0.05) is 11.2 Å². The molecule has 0 heterocycles. The van der Waals surface area contributed by atoms with Gasteiger partial charge in [-0.1, -0.05) is 22.4 Å². The van der Waals surface area contributed by atoms with Gasteiger partial charge in [0.2, 0.25) is 0 Å². The van der Waals surface area contributed by atoms with Crippen molar-refractivity contribution in [2.45, 2.75) is 37.4 Å². The maximum atomic E-state index is 11.1. The van der Waals surface area contributed by atoms with Gasteiger partial charge in [-0.2, -0.15) is 0 Å². The standard InChI is InChI=1S/C9H15BrO2/c1-2-12-9(11)6-7-4-3-5-8(7)10/h7-8H,2-6H2,1H3. The maximum Gasteiger partial charge on any atom is 0.306 e. The van der Waals surface area contributed by atoms with Crippen molar-refractivity contribution in [2.75, 3.05) is 6.61 Å². The third-order valence-electron chi connectivity index (χ3n) is 2.30. The van der Waals surface area contributed by atoms with Gasteiger partial charge in [0.1, 0.15) is 0 Å². The summed E-state index contributed by atoms with van der Waals surface area (Å²) < 4.78 is 4.89. The Morgan fingerprint density at radius 3 is 2.83 bits per heavy atom. The molecule has 3 heteroatoms. The van der Waals surface area contributed by atoms with Crippen LogP contribution < -0.4 is 0 Å². The Bertz CT molecular complexity index is 159. The molecule has 0 bridgehead atoms. The first kappa shape index (κ1) is 10.0. The number of rotatable bonds is 3. The van der Waals surface area contributed by atoms with Crippen LogP contribution >= 0.6 is 15.9 Å². The first-order valence-electron chi connectivity index (χ1n) is 4.53. The molecule has 2 atom stereocenters. The van der Waals surface area contributed by atoms with Crippen molar-refractivity contribution in [1.29, 1.82) is 0 Å². The summed E-state index contributed by atoms with van der Waals surface area (Å²) in [7, 11) is 0. The number of esters is 1. The number of halogens is 1. The smallest absolute Gasteiger partial charge is 0.306 e. The summed E-state index contributed by atoms with van der Waals surface area (Å²) in [6, 6.07) is 0. The minimum atomic E-state index is -0.0474. The van der Waals surface area contributed by atoms with Gasteiger partial charge in [0.15, 0.2) is 0 Å². The Morgan fingerprint density at radius 2 is 2.33 bits per heavy atom. The summed E-state index contributed by atoms with van der Waals surface area (Å²) >= 11 is 3.58. The van der Waals surface area contributed by atoms with Gasteiger partial charge in [-0.25, -0.2) is 0 Å². The highest BCUT2D eigenvalue weighted by atomic mass is 79.9. The number of carbonyl (C=O) groups excluding carboxylic acids is 1. The molecule has 0 aromatic rings. The molecule has 2 unspecified atom stereocenters.